The Kier molecular flexibility index (Phi) is 7.16. The number of hydrogen-bond acceptors (Lipinski definition) is 3. The zero-order chi connectivity index (χ0) is 10.9. The number of hydrogen-bond donors (Lipinski definition) is 0. The van der Waals surface area contributed by atoms with Gasteiger partial charge >= 0.3 is 8.25 Å². The molecule has 4 heteroatoms. The van der Waals surface area contributed by atoms with E-state index in [1.54, 1.807) is 0 Å². The topological polar surface area (TPSA) is 35.5 Å². The van der Waals surface area contributed by atoms with E-state index < -0.39 is 8.25 Å². The molecule has 15 heavy (non-hydrogen) atoms. The first-order valence-corrected chi connectivity index (χ1v) is 7.19. The molecule has 0 saturated carbocycles. The third-order valence-corrected chi connectivity index (χ3v) is 3.60. The second kappa shape index (κ2) is 8.20. The molecule has 0 aromatic rings. The number of rotatable bonds is 4. The second-order valence-electron chi connectivity index (χ2n) is 4.13. The molecule has 2 unspecified atom stereocenters. The van der Waals surface area contributed by atoms with E-state index >= 15 is 0 Å². The van der Waals surface area contributed by atoms with Gasteiger partial charge < -0.3 is 0 Å². The maximum Gasteiger partial charge on any atom is 0.697 e. The Morgan fingerprint density at radius 2 is 2.13 bits per heavy atom. The summed E-state index contributed by atoms with van der Waals surface area (Å²) < 4.78 is 21.8. The van der Waals surface area contributed by atoms with Crippen LogP contribution in [0.15, 0.2) is 0 Å². The number of unbranched alkanes of at least 4 members (excludes halogenated alkanes) is 2. The van der Waals surface area contributed by atoms with Gasteiger partial charge in [-0.3, -0.25) is 0 Å². The van der Waals surface area contributed by atoms with Crippen LogP contribution in [0.2, 0.25) is 0 Å². The molecule has 1 aliphatic heterocycles. The average Bonchev–Trinajstić information content (AvgIpc) is 2.31. The minimum Gasteiger partial charge on any atom is -0.119 e. The molecule has 0 spiro atoms. The van der Waals surface area contributed by atoms with E-state index in [2.05, 4.69) is 6.92 Å². The van der Waals surface area contributed by atoms with Gasteiger partial charge in [-0.25, -0.2) is 0 Å². The van der Waals surface area contributed by atoms with Crippen LogP contribution in [-0.2, 0) is 13.6 Å². The summed E-state index contributed by atoms with van der Waals surface area (Å²) in [7, 11) is -1.86. The van der Waals surface area contributed by atoms with Crippen LogP contribution < -0.4 is 0 Å². The van der Waals surface area contributed by atoms with Gasteiger partial charge in [0.05, 0.1) is 0 Å². The maximum atomic E-state index is 11.3. The lowest BCUT2D eigenvalue weighted by Crippen LogP contribution is -2.08. The Morgan fingerprint density at radius 3 is 2.93 bits per heavy atom. The third kappa shape index (κ3) is 6.24. The van der Waals surface area contributed by atoms with Crippen LogP contribution in [0.4, 0.5) is 0 Å². The van der Waals surface area contributed by atoms with Crippen LogP contribution in [0.25, 0.3) is 0 Å². The molecule has 0 amide bonds. The van der Waals surface area contributed by atoms with Crippen molar-refractivity contribution < 1.29 is 13.6 Å². The van der Waals surface area contributed by atoms with Gasteiger partial charge in [0.25, 0.3) is 0 Å². The van der Waals surface area contributed by atoms with Crippen molar-refractivity contribution in [3.05, 3.63) is 0 Å². The average molecular weight is 233 g/mol. The fourth-order valence-corrected chi connectivity index (χ4v) is 2.61. The van der Waals surface area contributed by atoms with Crippen LogP contribution in [-0.4, -0.2) is 12.7 Å². The highest BCUT2D eigenvalue weighted by molar-refractivity contribution is 7.33. The summed E-state index contributed by atoms with van der Waals surface area (Å²) in [6.45, 7) is 2.77. The first-order chi connectivity index (χ1) is 7.33. The summed E-state index contributed by atoms with van der Waals surface area (Å²) in [5.74, 6) is 0. The van der Waals surface area contributed by atoms with E-state index in [0.717, 1.165) is 25.7 Å². The van der Waals surface area contributed by atoms with Gasteiger partial charge in [0.1, 0.15) is 12.7 Å². The van der Waals surface area contributed by atoms with E-state index in [4.69, 9.17) is 9.05 Å². The van der Waals surface area contributed by atoms with E-state index in [9.17, 15) is 4.57 Å². The Morgan fingerprint density at radius 1 is 1.27 bits per heavy atom. The molecule has 2 atom stereocenters. The first kappa shape index (κ1) is 13.1. The lowest BCUT2D eigenvalue weighted by molar-refractivity contribution is 0.152. The first-order valence-electron chi connectivity index (χ1n) is 6.10. The fourth-order valence-electron chi connectivity index (χ4n) is 1.81. The maximum absolute atomic E-state index is 11.3. The Balaban J connectivity index is 2.27. The van der Waals surface area contributed by atoms with E-state index in [-0.39, 0.29) is 6.10 Å². The van der Waals surface area contributed by atoms with Gasteiger partial charge in [0, 0.05) is 4.57 Å². The van der Waals surface area contributed by atoms with Gasteiger partial charge in [-0.15, -0.1) is 9.05 Å². The summed E-state index contributed by atoms with van der Waals surface area (Å²) in [6.07, 6.45) is 9.17. The SMILES string of the molecule is CCCCCC1CCCCCO[P+](=O)O1. The van der Waals surface area contributed by atoms with Crippen molar-refractivity contribution in [1.29, 1.82) is 0 Å². The molecule has 88 valence electrons. The van der Waals surface area contributed by atoms with E-state index in [1.165, 1.54) is 25.7 Å². The predicted octanol–water partition coefficient (Wildman–Crippen LogP) is 4.20. The third-order valence-electron chi connectivity index (χ3n) is 2.73. The van der Waals surface area contributed by atoms with Crippen molar-refractivity contribution in [2.45, 2.75) is 64.4 Å². The standard InChI is InChI=1S/C11H22O3P/c1-2-3-5-8-11-9-6-4-7-10-13-15(12)14-11/h11H,2-10H2,1H3/q+1. The summed E-state index contributed by atoms with van der Waals surface area (Å²) in [5, 5.41) is 0. The van der Waals surface area contributed by atoms with Crippen LogP contribution in [0.3, 0.4) is 0 Å². The van der Waals surface area contributed by atoms with Crippen molar-refractivity contribution >= 4 is 8.25 Å². The molecular formula is C11H22O3P+. The molecule has 1 aliphatic rings. The Bertz CT molecular complexity index is 185. The summed E-state index contributed by atoms with van der Waals surface area (Å²) in [6, 6.07) is 0. The molecule has 1 fully saturated rings. The highest BCUT2D eigenvalue weighted by Crippen LogP contribution is 2.31. The summed E-state index contributed by atoms with van der Waals surface area (Å²) >= 11 is 0. The molecule has 0 N–H and O–H groups in total. The van der Waals surface area contributed by atoms with Crippen molar-refractivity contribution in [3.63, 3.8) is 0 Å². The van der Waals surface area contributed by atoms with Gasteiger partial charge in [0.2, 0.25) is 0 Å². The minimum absolute atomic E-state index is 0.151. The highest BCUT2D eigenvalue weighted by atomic mass is 31.1. The molecule has 0 aromatic heterocycles. The molecule has 3 nitrogen and oxygen atoms in total. The van der Waals surface area contributed by atoms with E-state index in [0.29, 0.717) is 6.61 Å². The molecule has 0 bridgehead atoms. The van der Waals surface area contributed by atoms with Gasteiger partial charge in [-0.05, 0) is 19.3 Å². The normalized spacial score (nSPS) is 26.7. The Labute approximate surface area is 93.5 Å². The minimum atomic E-state index is -1.86. The van der Waals surface area contributed by atoms with Crippen LogP contribution in [0.5, 0.6) is 0 Å². The van der Waals surface area contributed by atoms with Crippen molar-refractivity contribution in [2.24, 2.45) is 0 Å². The summed E-state index contributed by atoms with van der Waals surface area (Å²) in [4.78, 5) is 0. The predicted molar refractivity (Wildman–Crippen MR) is 61.0 cm³/mol. The molecular weight excluding hydrogens is 211 g/mol. The molecule has 1 heterocycles. The smallest absolute Gasteiger partial charge is 0.119 e. The van der Waals surface area contributed by atoms with Crippen LogP contribution in [0, 0.1) is 0 Å². The molecule has 1 saturated heterocycles. The van der Waals surface area contributed by atoms with Crippen LogP contribution in [0.1, 0.15) is 58.3 Å². The Hall–Kier alpha value is 0.0200. The lowest BCUT2D eigenvalue weighted by atomic mass is 10.0. The van der Waals surface area contributed by atoms with Crippen molar-refractivity contribution in [1.82, 2.24) is 0 Å². The summed E-state index contributed by atoms with van der Waals surface area (Å²) in [5.41, 5.74) is 0. The molecule has 0 aromatic carbocycles. The second-order valence-corrected chi connectivity index (χ2v) is 5.05. The highest BCUT2D eigenvalue weighted by Gasteiger charge is 2.27. The zero-order valence-corrected chi connectivity index (χ0v) is 10.5. The lowest BCUT2D eigenvalue weighted by Gasteiger charge is -2.08. The molecule has 0 aliphatic carbocycles. The van der Waals surface area contributed by atoms with Gasteiger partial charge in [0.15, 0.2) is 0 Å². The quantitative estimate of drug-likeness (QED) is 0.539. The van der Waals surface area contributed by atoms with Gasteiger partial charge in [-0.1, -0.05) is 39.0 Å². The van der Waals surface area contributed by atoms with Crippen LogP contribution >= 0.6 is 8.25 Å². The molecule has 1 rings (SSSR count). The zero-order valence-electron chi connectivity index (χ0n) is 9.61. The van der Waals surface area contributed by atoms with Crippen molar-refractivity contribution in [3.8, 4) is 0 Å². The molecule has 0 radical (unpaired) electrons. The van der Waals surface area contributed by atoms with Crippen molar-refractivity contribution in [2.75, 3.05) is 6.61 Å². The monoisotopic (exact) mass is 233 g/mol. The van der Waals surface area contributed by atoms with Gasteiger partial charge in [-0.2, -0.15) is 0 Å². The largest absolute Gasteiger partial charge is 0.697 e. The van der Waals surface area contributed by atoms with E-state index in [1.807, 2.05) is 0 Å². The fraction of sp³-hybridized carbons (Fsp3) is 1.00.